The number of halogens is 1. The monoisotopic (exact) mass is 461 g/mol. The quantitative estimate of drug-likeness (QED) is 0.738. The highest BCUT2D eigenvalue weighted by atomic mass is 35.5. The van der Waals surface area contributed by atoms with Gasteiger partial charge in [0.15, 0.2) is 0 Å². The fourth-order valence-corrected chi connectivity index (χ4v) is 5.70. The van der Waals surface area contributed by atoms with Gasteiger partial charge in [0.25, 0.3) is 0 Å². The number of carbonyl (C=O) groups excluding carboxylic acids is 2. The summed E-state index contributed by atoms with van der Waals surface area (Å²) in [5.74, 6) is -0.590. The molecule has 2 aromatic carbocycles. The predicted molar refractivity (Wildman–Crippen MR) is 120 cm³/mol. The van der Waals surface area contributed by atoms with Crippen LogP contribution >= 0.6 is 11.6 Å². The molecule has 1 N–H and O–H groups in total. The third-order valence-electron chi connectivity index (χ3n) is 5.71. The maximum atomic E-state index is 13.0. The predicted octanol–water partition coefficient (Wildman–Crippen LogP) is 3.51. The zero-order valence-electron chi connectivity index (χ0n) is 17.0. The number of carbonyl (C=O) groups is 2. The van der Waals surface area contributed by atoms with Crippen molar-refractivity contribution in [2.24, 2.45) is 5.92 Å². The molecule has 0 aromatic heterocycles. The Balaban J connectivity index is 1.45. The van der Waals surface area contributed by atoms with Crippen molar-refractivity contribution in [3.05, 3.63) is 53.6 Å². The van der Waals surface area contributed by atoms with Crippen molar-refractivity contribution >= 4 is 44.8 Å². The lowest BCUT2D eigenvalue weighted by atomic mass is 9.98. The molecule has 2 saturated heterocycles. The molecule has 2 aliphatic heterocycles. The summed E-state index contributed by atoms with van der Waals surface area (Å²) in [6, 6.07) is 13.2. The summed E-state index contributed by atoms with van der Waals surface area (Å²) >= 11 is 5.87. The molecule has 2 aliphatic rings. The first-order valence-corrected chi connectivity index (χ1v) is 12.1. The Labute approximate surface area is 187 Å². The van der Waals surface area contributed by atoms with Gasteiger partial charge < -0.3 is 10.2 Å². The van der Waals surface area contributed by atoms with Crippen LogP contribution < -0.4 is 10.2 Å². The number of anilines is 2. The maximum absolute atomic E-state index is 13.0. The Morgan fingerprint density at radius 3 is 2.55 bits per heavy atom. The highest BCUT2D eigenvalue weighted by Crippen LogP contribution is 2.27. The molecule has 7 nitrogen and oxygen atoms in total. The Morgan fingerprint density at radius 2 is 1.84 bits per heavy atom. The van der Waals surface area contributed by atoms with E-state index in [2.05, 4.69) is 5.32 Å². The van der Waals surface area contributed by atoms with E-state index in [1.807, 2.05) is 6.07 Å². The van der Waals surface area contributed by atoms with Crippen molar-refractivity contribution < 1.29 is 18.0 Å². The van der Waals surface area contributed by atoms with Crippen LogP contribution in [0.4, 0.5) is 11.4 Å². The van der Waals surface area contributed by atoms with Gasteiger partial charge in [-0.1, -0.05) is 17.7 Å². The second-order valence-corrected chi connectivity index (χ2v) is 10.2. The van der Waals surface area contributed by atoms with Crippen molar-refractivity contribution in [1.82, 2.24) is 4.31 Å². The number of hydrogen-bond acceptors (Lipinski definition) is 4. The van der Waals surface area contributed by atoms with E-state index in [0.717, 1.165) is 12.1 Å². The fraction of sp³-hybridized carbons (Fsp3) is 0.364. The molecular formula is C22H24ClN3O4S. The normalized spacial score (nSPS) is 20.1. The number of sulfonamides is 1. The van der Waals surface area contributed by atoms with Crippen LogP contribution in [-0.2, 0) is 19.6 Å². The van der Waals surface area contributed by atoms with Crippen LogP contribution in [0.3, 0.4) is 0 Å². The summed E-state index contributed by atoms with van der Waals surface area (Å²) in [5.41, 5.74) is 1.36. The molecular weight excluding hydrogens is 438 g/mol. The zero-order chi connectivity index (χ0) is 22.0. The molecule has 0 saturated carbocycles. The van der Waals surface area contributed by atoms with Crippen LogP contribution in [0.25, 0.3) is 0 Å². The molecule has 0 aliphatic carbocycles. The number of amides is 2. The van der Waals surface area contributed by atoms with E-state index < -0.39 is 15.9 Å². The standard InChI is InChI=1S/C22H24ClN3O4S/c23-17-8-10-20(11-9-17)31(29,30)25-12-2-4-16(15-25)22(28)24-18-5-1-6-19(14-18)26-13-3-7-21(26)27/h1,5-6,8-11,14,16H,2-4,7,12-13,15H2,(H,24,28). The first-order valence-electron chi connectivity index (χ1n) is 10.3. The van der Waals surface area contributed by atoms with E-state index in [9.17, 15) is 18.0 Å². The van der Waals surface area contributed by atoms with Gasteiger partial charge in [-0.15, -0.1) is 0 Å². The Kier molecular flexibility index (Phi) is 6.31. The van der Waals surface area contributed by atoms with Gasteiger partial charge in [0, 0.05) is 42.5 Å². The summed E-state index contributed by atoms with van der Waals surface area (Å²) in [5, 5.41) is 3.36. The van der Waals surface area contributed by atoms with Crippen molar-refractivity contribution in [3.63, 3.8) is 0 Å². The Hall–Kier alpha value is -2.42. The van der Waals surface area contributed by atoms with E-state index >= 15 is 0 Å². The number of nitrogens with zero attached hydrogens (tertiary/aromatic N) is 2. The van der Waals surface area contributed by atoms with E-state index in [1.54, 1.807) is 35.2 Å². The fourth-order valence-electron chi connectivity index (χ4n) is 4.05. The lowest BCUT2D eigenvalue weighted by molar-refractivity contribution is -0.121. The van der Waals surface area contributed by atoms with Crippen molar-refractivity contribution in [2.45, 2.75) is 30.6 Å². The first-order chi connectivity index (χ1) is 14.8. The summed E-state index contributed by atoms with van der Waals surface area (Å²) in [7, 11) is -3.69. The van der Waals surface area contributed by atoms with Gasteiger partial charge in [-0.25, -0.2) is 8.42 Å². The summed E-state index contributed by atoms with van der Waals surface area (Å²) < 4.78 is 27.3. The number of hydrogen-bond donors (Lipinski definition) is 1. The Bertz CT molecular complexity index is 1090. The van der Waals surface area contributed by atoms with Crippen molar-refractivity contribution in [2.75, 3.05) is 29.9 Å². The van der Waals surface area contributed by atoms with Gasteiger partial charge in [-0.3, -0.25) is 9.59 Å². The average Bonchev–Trinajstić information content (AvgIpc) is 3.20. The maximum Gasteiger partial charge on any atom is 0.243 e. The zero-order valence-corrected chi connectivity index (χ0v) is 18.5. The average molecular weight is 462 g/mol. The molecule has 1 atom stereocenters. The molecule has 31 heavy (non-hydrogen) atoms. The number of nitrogens with one attached hydrogen (secondary N) is 1. The van der Waals surface area contributed by atoms with E-state index in [1.165, 1.54) is 16.4 Å². The topological polar surface area (TPSA) is 86.8 Å². The smallest absolute Gasteiger partial charge is 0.243 e. The minimum atomic E-state index is -3.69. The molecule has 9 heteroatoms. The van der Waals surface area contributed by atoms with Gasteiger partial charge in [0.1, 0.15) is 0 Å². The molecule has 0 bridgehead atoms. The minimum absolute atomic E-state index is 0.0822. The van der Waals surface area contributed by atoms with E-state index in [4.69, 9.17) is 11.6 Å². The third-order valence-corrected chi connectivity index (χ3v) is 7.84. The number of piperidine rings is 1. The summed E-state index contributed by atoms with van der Waals surface area (Å²) in [6.45, 7) is 1.18. The molecule has 1 unspecified atom stereocenters. The van der Waals surface area contributed by atoms with Gasteiger partial charge in [0.2, 0.25) is 21.8 Å². The van der Waals surface area contributed by atoms with Gasteiger partial charge in [-0.05, 0) is 61.7 Å². The van der Waals surface area contributed by atoms with E-state index in [0.29, 0.717) is 43.1 Å². The van der Waals surface area contributed by atoms with Gasteiger partial charge in [0.05, 0.1) is 10.8 Å². The highest BCUT2D eigenvalue weighted by molar-refractivity contribution is 7.89. The van der Waals surface area contributed by atoms with Crippen LogP contribution in [0.5, 0.6) is 0 Å². The van der Waals surface area contributed by atoms with E-state index in [-0.39, 0.29) is 23.3 Å². The van der Waals surface area contributed by atoms with Crippen LogP contribution in [0, 0.1) is 5.92 Å². The summed E-state index contributed by atoms with van der Waals surface area (Å²) in [6.07, 6.45) is 2.59. The number of rotatable bonds is 5. The number of benzene rings is 2. The molecule has 0 radical (unpaired) electrons. The molecule has 2 aromatic rings. The lowest BCUT2D eigenvalue weighted by Gasteiger charge is -2.31. The molecule has 2 heterocycles. The van der Waals surface area contributed by atoms with Crippen LogP contribution in [-0.4, -0.2) is 44.2 Å². The van der Waals surface area contributed by atoms with Crippen LogP contribution in [0.2, 0.25) is 5.02 Å². The highest BCUT2D eigenvalue weighted by Gasteiger charge is 2.33. The lowest BCUT2D eigenvalue weighted by Crippen LogP contribution is -2.43. The molecule has 4 rings (SSSR count). The van der Waals surface area contributed by atoms with Crippen molar-refractivity contribution in [3.8, 4) is 0 Å². The molecule has 2 amide bonds. The molecule has 164 valence electrons. The van der Waals surface area contributed by atoms with Crippen LogP contribution in [0.1, 0.15) is 25.7 Å². The SMILES string of the molecule is O=C(Nc1cccc(N2CCCC2=O)c1)C1CCCN(S(=O)(=O)c2ccc(Cl)cc2)C1. The Morgan fingerprint density at radius 1 is 1.06 bits per heavy atom. The second kappa shape index (κ2) is 8.98. The first kappa shape index (κ1) is 21.8. The van der Waals surface area contributed by atoms with Crippen molar-refractivity contribution in [1.29, 1.82) is 0 Å². The summed E-state index contributed by atoms with van der Waals surface area (Å²) in [4.78, 5) is 26.8. The largest absolute Gasteiger partial charge is 0.326 e. The second-order valence-electron chi connectivity index (χ2n) is 7.84. The van der Waals surface area contributed by atoms with Gasteiger partial charge >= 0.3 is 0 Å². The van der Waals surface area contributed by atoms with Gasteiger partial charge in [-0.2, -0.15) is 4.31 Å². The van der Waals surface area contributed by atoms with Crippen LogP contribution in [0.15, 0.2) is 53.4 Å². The molecule has 2 fully saturated rings. The molecule has 0 spiro atoms. The minimum Gasteiger partial charge on any atom is -0.326 e. The third kappa shape index (κ3) is 4.76.